The number of Topliss-reactive ketones (excluding diaryl/α,β-unsaturated/α-hetero) is 1. The number of hydrogen-bond acceptors (Lipinski definition) is 5. The number of carbonyl (C=O) groups is 2. The van der Waals surface area contributed by atoms with Crippen molar-refractivity contribution in [1.82, 2.24) is 0 Å². The van der Waals surface area contributed by atoms with E-state index < -0.39 is 26.7 Å². The fourth-order valence-corrected chi connectivity index (χ4v) is 1.77. The van der Waals surface area contributed by atoms with Crippen molar-refractivity contribution in [3.63, 3.8) is 0 Å². The van der Waals surface area contributed by atoms with Gasteiger partial charge in [0, 0.05) is 0 Å². The van der Waals surface area contributed by atoms with Crippen LogP contribution in [0.5, 0.6) is 0 Å². The third-order valence-corrected chi connectivity index (χ3v) is 2.81. The molecule has 16 heavy (non-hydrogen) atoms. The van der Waals surface area contributed by atoms with E-state index in [1.807, 2.05) is 0 Å². The van der Waals surface area contributed by atoms with E-state index in [0.29, 0.717) is 0 Å². The molecule has 1 aliphatic rings. The summed E-state index contributed by atoms with van der Waals surface area (Å²) in [6, 6.07) is 3.15. The van der Waals surface area contributed by atoms with E-state index in [2.05, 4.69) is 5.32 Å². The second-order valence-corrected chi connectivity index (χ2v) is 4.32. The average molecular weight is 265 g/mol. The van der Waals surface area contributed by atoms with Gasteiger partial charge in [0.1, 0.15) is 10.1 Å². The Morgan fingerprint density at radius 3 is 2.38 bits per heavy atom. The summed E-state index contributed by atoms with van der Waals surface area (Å²) in [6.45, 7) is 0. The van der Waals surface area contributed by atoms with Gasteiger partial charge in [0.05, 0.1) is 16.1 Å². The van der Waals surface area contributed by atoms with E-state index in [1.54, 1.807) is 0 Å². The Kier molecular flexibility index (Phi) is 4.06. The summed E-state index contributed by atoms with van der Waals surface area (Å²) in [4.78, 5) is 21.5. The van der Waals surface area contributed by atoms with Gasteiger partial charge in [0.25, 0.3) is 11.7 Å². The fourth-order valence-electron chi connectivity index (χ4n) is 1.28. The molecule has 0 aliphatic carbocycles. The van der Waals surface area contributed by atoms with Crippen molar-refractivity contribution in [3.05, 3.63) is 23.8 Å². The molecular weight excluding hydrogens is 261 g/mol. The second kappa shape index (κ2) is 4.65. The smallest absolute Gasteiger partial charge is 0.744 e. The number of benzene rings is 1. The Balaban J connectivity index is 0.00000128. The maximum atomic E-state index is 11.2. The van der Waals surface area contributed by atoms with Gasteiger partial charge in [-0.1, -0.05) is 0 Å². The molecule has 2 rings (SSSR count). The Labute approximate surface area is 134 Å². The number of amides is 1. The van der Waals surface area contributed by atoms with E-state index in [-0.39, 0.29) is 62.6 Å². The minimum atomic E-state index is -4.61. The van der Waals surface area contributed by atoms with E-state index in [9.17, 15) is 22.6 Å². The van der Waals surface area contributed by atoms with Crippen LogP contribution in [0.4, 0.5) is 5.69 Å². The van der Waals surface area contributed by atoms with Gasteiger partial charge in [0.15, 0.2) is 0 Å². The van der Waals surface area contributed by atoms with Crippen molar-refractivity contribution < 1.29 is 73.9 Å². The van der Waals surface area contributed by atoms with Crippen LogP contribution in [-0.4, -0.2) is 24.7 Å². The first-order valence-electron chi connectivity index (χ1n) is 3.85. The molecule has 0 spiro atoms. The molecule has 8 heteroatoms. The van der Waals surface area contributed by atoms with Gasteiger partial charge in [-0.2, -0.15) is 0 Å². The van der Waals surface area contributed by atoms with Crippen LogP contribution < -0.4 is 56.7 Å². The molecule has 0 saturated carbocycles. The molecule has 0 aromatic heterocycles. The van der Waals surface area contributed by atoms with E-state index in [0.717, 1.165) is 12.1 Å². The Hall–Kier alpha value is -0.0936. The molecule has 0 atom stereocenters. The van der Waals surface area contributed by atoms with Crippen LogP contribution in [0.1, 0.15) is 10.4 Å². The SMILES string of the molecule is O=C1Nc2ccc(S(=O)(=O)[O-])cc2C1=O.[K+]. The zero-order valence-corrected chi connectivity index (χ0v) is 12.1. The maximum absolute atomic E-state index is 11.2. The summed E-state index contributed by atoms with van der Waals surface area (Å²) >= 11 is 0. The number of carbonyl (C=O) groups excluding carboxylic acids is 2. The van der Waals surface area contributed by atoms with Gasteiger partial charge < -0.3 is 9.87 Å². The second-order valence-electron chi connectivity index (χ2n) is 2.94. The van der Waals surface area contributed by atoms with E-state index >= 15 is 0 Å². The van der Waals surface area contributed by atoms with Crippen LogP contribution in [0.3, 0.4) is 0 Å². The third kappa shape index (κ3) is 2.43. The zero-order valence-electron chi connectivity index (χ0n) is 8.18. The Bertz CT molecular complexity index is 580. The van der Waals surface area contributed by atoms with Crippen molar-refractivity contribution in [3.8, 4) is 0 Å². The van der Waals surface area contributed by atoms with E-state index in [1.165, 1.54) is 6.07 Å². The summed E-state index contributed by atoms with van der Waals surface area (Å²) in [5, 5.41) is 2.24. The predicted molar refractivity (Wildman–Crippen MR) is 47.4 cm³/mol. The summed E-state index contributed by atoms with van der Waals surface area (Å²) in [7, 11) is -4.61. The molecule has 1 heterocycles. The molecular formula is C8H4KNO5S. The first-order chi connectivity index (χ1) is 6.89. The first kappa shape index (κ1) is 14.0. The Morgan fingerprint density at radius 2 is 1.81 bits per heavy atom. The molecule has 1 N–H and O–H groups in total. The molecule has 78 valence electrons. The van der Waals surface area contributed by atoms with Crippen LogP contribution >= 0.6 is 0 Å². The molecule has 1 aromatic rings. The number of rotatable bonds is 1. The number of hydrogen-bond donors (Lipinski definition) is 1. The predicted octanol–water partition coefficient (Wildman–Crippen LogP) is -3.27. The average Bonchev–Trinajstić information content (AvgIpc) is 2.41. The molecule has 1 aromatic carbocycles. The minimum Gasteiger partial charge on any atom is -0.744 e. The molecule has 0 radical (unpaired) electrons. The largest absolute Gasteiger partial charge is 1.00 e. The number of ketones is 1. The van der Waals surface area contributed by atoms with Crippen LogP contribution in [0.2, 0.25) is 0 Å². The van der Waals surface area contributed by atoms with Crippen LogP contribution in [0.15, 0.2) is 23.1 Å². The van der Waals surface area contributed by atoms with Gasteiger partial charge in [-0.15, -0.1) is 0 Å². The van der Waals surface area contributed by atoms with Gasteiger partial charge >= 0.3 is 51.4 Å². The van der Waals surface area contributed by atoms with Crippen molar-refractivity contribution in [2.24, 2.45) is 0 Å². The molecule has 1 aliphatic heterocycles. The van der Waals surface area contributed by atoms with Crippen molar-refractivity contribution in [1.29, 1.82) is 0 Å². The summed E-state index contributed by atoms with van der Waals surface area (Å²) < 4.78 is 31.9. The molecule has 0 unspecified atom stereocenters. The van der Waals surface area contributed by atoms with Crippen LogP contribution in [-0.2, 0) is 14.9 Å². The normalized spacial score (nSPS) is 14.1. The molecule has 6 nitrogen and oxygen atoms in total. The van der Waals surface area contributed by atoms with Crippen LogP contribution in [0, 0.1) is 0 Å². The topological polar surface area (TPSA) is 103 Å². The molecule has 0 bridgehead atoms. The third-order valence-electron chi connectivity index (χ3n) is 1.98. The first-order valence-corrected chi connectivity index (χ1v) is 5.26. The van der Waals surface area contributed by atoms with Gasteiger partial charge in [-0.25, -0.2) is 8.42 Å². The van der Waals surface area contributed by atoms with Crippen LogP contribution in [0.25, 0.3) is 0 Å². The van der Waals surface area contributed by atoms with Crippen molar-refractivity contribution in [2.45, 2.75) is 4.90 Å². The van der Waals surface area contributed by atoms with Crippen molar-refractivity contribution in [2.75, 3.05) is 5.32 Å². The van der Waals surface area contributed by atoms with Gasteiger partial charge in [0.2, 0.25) is 0 Å². The maximum Gasteiger partial charge on any atom is 1.00 e. The summed E-state index contributed by atoms with van der Waals surface area (Å²) in [5.74, 6) is -1.67. The molecule has 1 amide bonds. The minimum absolute atomic E-state index is 0. The summed E-state index contributed by atoms with van der Waals surface area (Å²) in [6.07, 6.45) is 0. The number of fused-ring (bicyclic) bond motifs is 1. The monoisotopic (exact) mass is 265 g/mol. The van der Waals surface area contributed by atoms with E-state index in [4.69, 9.17) is 0 Å². The standard InChI is InChI=1S/C8H5NO5S.K/c10-7-5-3-4(15(12,13)14)1-2-6(5)9-8(7)11;/h1-3H,(H,9,10,11)(H,12,13,14);/q;+1/p-1. The summed E-state index contributed by atoms with van der Waals surface area (Å²) in [5.41, 5.74) is 0.134. The molecule has 0 saturated heterocycles. The van der Waals surface area contributed by atoms with Crippen molar-refractivity contribution >= 4 is 27.5 Å². The fraction of sp³-hybridized carbons (Fsp3) is 0. The number of nitrogens with one attached hydrogen (secondary N) is 1. The number of anilines is 1. The zero-order chi connectivity index (χ0) is 11.2. The van der Waals surface area contributed by atoms with Gasteiger partial charge in [-0.3, -0.25) is 9.59 Å². The Morgan fingerprint density at radius 1 is 1.19 bits per heavy atom. The van der Waals surface area contributed by atoms with Gasteiger partial charge in [-0.05, 0) is 18.2 Å². The quantitative estimate of drug-likeness (QED) is 0.326. The molecule has 0 fully saturated rings.